The molecule has 2 heterocycles. The summed E-state index contributed by atoms with van der Waals surface area (Å²) in [5, 5.41) is 0. The molecule has 0 unspecified atom stereocenters. The maximum absolute atomic E-state index is 4.10. The highest BCUT2D eigenvalue weighted by atomic mass is 32.2. The molecule has 2 aromatic heterocycles. The van der Waals surface area contributed by atoms with Crippen molar-refractivity contribution in [3.05, 3.63) is 40.6 Å². The average Bonchev–Trinajstić information content (AvgIpc) is 3.14. The molecular formula is C17H22S3. The summed E-state index contributed by atoms with van der Waals surface area (Å²) in [6.07, 6.45) is 4.48. The minimum absolute atomic E-state index is 0.325. The van der Waals surface area contributed by atoms with Crippen LogP contribution in [0.2, 0.25) is 0 Å². The summed E-state index contributed by atoms with van der Waals surface area (Å²) < 4.78 is 0. The Morgan fingerprint density at radius 3 is 2.30 bits per heavy atom. The fourth-order valence-electron chi connectivity index (χ4n) is 2.11. The second-order valence-corrected chi connectivity index (χ2v) is 8.29. The number of thiophene rings is 2. The van der Waals surface area contributed by atoms with Crippen molar-refractivity contribution in [1.29, 1.82) is 0 Å². The molecule has 0 radical (unpaired) electrons. The SMILES string of the molecule is C=C(SC)c1ccc(-c2ccc(C(C)(CC)CC)s2)s1. The summed E-state index contributed by atoms with van der Waals surface area (Å²) in [5.41, 5.74) is 0.325. The van der Waals surface area contributed by atoms with E-state index in [9.17, 15) is 0 Å². The average molecular weight is 323 g/mol. The van der Waals surface area contributed by atoms with E-state index < -0.39 is 0 Å². The molecule has 0 aliphatic rings. The standard InChI is InChI=1S/C17H22S3/c1-6-17(4,7-2)16-11-10-15(20-16)14-9-8-13(19-14)12(3)18-5/h8-11H,3,6-7H2,1-2,4-5H3. The van der Waals surface area contributed by atoms with Crippen molar-refractivity contribution in [2.45, 2.75) is 39.0 Å². The Hall–Kier alpha value is -0.510. The van der Waals surface area contributed by atoms with Crippen molar-refractivity contribution < 1.29 is 0 Å². The smallest absolute Gasteiger partial charge is 0.0449 e. The van der Waals surface area contributed by atoms with Gasteiger partial charge in [0, 0.05) is 29.8 Å². The first-order valence-electron chi connectivity index (χ1n) is 6.98. The Balaban J connectivity index is 2.29. The second kappa shape index (κ2) is 6.50. The van der Waals surface area contributed by atoms with Crippen LogP contribution < -0.4 is 0 Å². The third-order valence-electron chi connectivity index (χ3n) is 4.13. The zero-order valence-electron chi connectivity index (χ0n) is 12.7. The second-order valence-electron chi connectivity index (χ2n) is 5.22. The molecule has 0 N–H and O–H groups in total. The van der Waals surface area contributed by atoms with E-state index in [0.29, 0.717) is 5.41 Å². The van der Waals surface area contributed by atoms with Gasteiger partial charge in [-0.25, -0.2) is 0 Å². The van der Waals surface area contributed by atoms with Crippen LogP contribution in [0.25, 0.3) is 14.7 Å². The van der Waals surface area contributed by atoms with Gasteiger partial charge < -0.3 is 0 Å². The quantitative estimate of drug-likeness (QED) is 0.558. The van der Waals surface area contributed by atoms with Crippen molar-refractivity contribution in [3.63, 3.8) is 0 Å². The summed E-state index contributed by atoms with van der Waals surface area (Å²) in [7, 11) is 0. The molecule has 108 valence electrons. The molecule has 0 saturated carbocycles. The molecule has 0 atom stereocenters. The Morgan fingerprint density at radius 2 is 1.70 bits per heavy atom. The van der Waals surface area contributed by atoms with Crippen LogP contribution >= 0.6 is 34.4 Å². The minimum Gasteiger partial charge on any atom is -0.139 e. The molecule has 2 aromatic rings. The van der Waals surface area contributed by atoms with Gasteiger partial charge in [0.05, 0.1) is 0 Å². The van der Waals surface area contributed by atoms with Crippen LogP contribution in [0, 0.1) is 0 Å². The highest BCUT2D eigenvalue weighted by molar-refractivity contribution is 8.07. The van der Waals surface area contributed by atoms with Gasteiger partial charge in [-0.2, -0.15) is 0 Å². The summed E-state index contributed by atoms with van der Waals surface area (Å²) in [4.78, 5) is 6.71. The lowest BCUT2D eigenvalue weighted by molar-refractivity contribution is 0.448. The monoisotopic (exact) mass is 322 g/mol. The molecular weight excluding hydrogens is 300 g/mol. The molecule has 0 bridgehead atoms. The molecule has 20 heavy (non-hydrogen) atoms. The highest BCUT2D eigenvalue weighted by Gasteiger charge is 2.24. The van der Waals surface area contributed by atoms with Crippen molar-refractivity contribution in [2.75, 3.05) is 6.26 Å². The fourth-order valence-corrected chi connectivity index (χ4v) is 5.01. The first-order valence-corrected chi connectivity index (χ1v) is 9.83. The van der Waals surface area contributed by atoms with E-state index in [-0.39, 0.29) is 0 Å². The van der Waals surface area contributed by atoms with E-state index in [4.69, 9.17) is 0 Å². The predicted molar refractivity (Wildman–Crippen MR) is 98.1 cm³/mol. The van der Waals surface area contributed by atoms with Gasteiger partial charge in [-0.05, 0) is 43.4 Å². The van der Waals surface area contributed by atoms with Crippen LogP contribution in [0.3, 0.4) is 0 Å². The highest BCUT2D eigenvalue weighted by Crippen LogP contribution is 2.42. The zero-order chi connectivity index (χ0) is 14.8. The van der Waals surface area contributed by atoms with E-state index >= 15 is 0 Å². The number of rotatable bonds is 6. The van der Waals surface area contributed by atoms with Gasteiger partial charge in [0.25, 0.3) is 0 Å². The Labute approximate surface area is 134 Å². The zero-order valence-corrected chi connectivity index (χ0v) is 15.1. The number of thioether (sulfide) groups is 1. The van der Waals surface area contributed by atoms with E-state index in [1.807, 2.05) is 22.7 Å². The van der Waals surface area contributed by atoms with Crippen molar-refractivity contribution in [2.24, 2.45) is 0 Å². The predicted octanol–water partition coefficient (Wildman–Crippen LogP) is 6.89. The Morgan fingerprint density at radius 1 is 1.10 bits per heavy atom. The van der Waals surface area contributed by atoms with Gasteiger partial charge in [-0.15, -0.1) is 34.4 Å². The summed E-state index contributed by atoms with van der Waals surface area (Å²) in [6, 6.07) is 9.01. The fraction of sp³-hybridized carbons (Fsp3) is 0.412. The normalized spacial score (nSPS) is 11.8. The molecule has 0 spiro atoms. The maximum atomic E-state index is 4.10. The lowest BCUT2D eigenvalue weighted by Crippen LogP contribution is -2.17. The molecule has 0 aliphatic carbocycles. The molecule has 0 saturated heterocycles. The van der Waals surface area contributed by atoms with E-state index in [1.54, 1.807) is 11.8 Å². The van der Waals surface area contributed by atoms with Gasteiger partial charge in [0.15, 0.2) is 0 Å². The largest absolute Gasteiger partial charge is 0.139 e. The molecule has 2 rings (SSSR count). The maximum Gasteiger partial charge on any atom is 0.0449 e. The van der Waals surface area contributed by atoms with Crippen LogP contribution in [-0.2, 0) is 5.41 Å². The first-order chi connectivity index (χ1) is 9.54. The van der Waals surface area contributed by atoms with E-state index in [2.05, 4.69) is 57.9 Å². The van der Waals surface area contributed by atoms with Crippen molar-refractivity contribution in [1.82, 2.24) is 0 Å². The lowest BCUT2D eigenvalue weighted by Gasteiger charge is -2.24. The lowest BCUT2D eigenvalue weighted by atomic mass is 9.83. The number of hydrogen-bond acceptors (Lipinski definition) is 3. The Kier molecular flexibility index (Phi) is 5.16. The molecule has 0 fully saturated rings. The third kappa shape index (κ3) is 3.05. The topological polar surface area (TPSA) is 0 Å². The molecule has 3 heteroatoms. The summed E-state index contributed by atoms with van der Waals surface area (Å²) in [6.45, 7) is 11.0. The first kappa shape index (κ1) is 15.9. The third-order valence-corrected chi connectivity index (χ3v) is 7.71. The van der Waals surface area contributed by atoms with Crippen LogP contribution in [0.5, 0.6) is 0 Å². The molecule has 0 aliphatic heterocycles. The number of hydrogen-bond donors (Lipinski definition) is 0. The minimum atomic E-state index is 0.325. The summed E-state index contributed by atoms with van der Waals surface area (Å²) in [5.74, 6) is 0. The van der Waals surface area contributed by atoms with Gasteiger partial charge >= 0.3 is 0 Å². The Bertz CT molecular complexity index is 585. The summed E-state index contributed by atoms with van der Waals surface area (Å²) >= 11 is 5.52. The van der Waals surface area contributed by atoms with Crippen molar-refractivity contribution in [3.8, 4) is 9.75 Å². The molecule has 0 aromatic carbocycles. The van der Waals surface area contributed by atoms with Gasteiger partial charge in [0.2, 0.25) is 0 Å². The van der Waals surface area contributed by atoms with Crippen LogP contribution in [0.15, 0.2) is 30.8 Å². The molecule has 0 nitrogen and oxygen atoms in total. The van der Waals surface area contributed by atoms with Crippen LogP contribution in [0.4, 0.5) is 0 Å². The van der Waals surface area contributed by atoms with Crippen LogP contribution in [0.1, 0.15) is 43.4 Å². The van der Waals surface area contributed by atoms with E-state index in [1.165, 1.54) is 32.4 Å². The van der Waals surface area contributed by atoms with Gasteiger partial charge in [0.1, 0.15) is 0 Å². The van der Waals surface area contributed by atoms with Gasteiger partial charge in [-0.1, -0.05) is 27.4 Å². The van der Waals surface area contributed by atoms with Crippen molar-refractivity contribution >= 4 is 39.3 Å². The van der Waals surface area contributed by atoms with Gasteiger partial charge in [-0.3, -0.25) is 0 Å². The van der Waals surface area contributed by atoms with Crippen LogP contribution in [-0.4, -0.2) is 6.26 Å². The van der Waals surface area contributed by atoms with E-state index in [0.717, 1.165) is 4.91 Å². The molecule has 0 amide bonds.